The van der Waals surface area contributed by atoms with Gasteiger partial charge in [-0.15, -0.1) is 0 Å². The van der Waals surface area contributed by atoms with Gasteiger partial charge in [-0.3, -0.25) is 4.79 Å². The number of allylic oxidation sites excluding steroid dienone is 1. The molecule has 148 valence electrons. The number of fused-ring (bicyclic) bond motifs is 1. The first-order valence-corrected chi connectivity index (χ1v) is 9.24. The first kappa shape index (κ1) is 19.6. The first-order chi connectivity index (χ1) is 13.4. The summed E-state index contributed by atoms with van der Waals surface area (Å²) in [5.41, 5.74) is 9.66. The number of nitrogens with zero attached hydrogens (tertiary/aromatic N) is 1. The fraction of sp³-hybridized carbons (Fsp3) is 0.318. The minimum Gasteiger partial charge on any atom is -0.493 e. The van der Waals surface area contributed by atoms with Gasteiger partial charge in [0, 0.05) is 25.2 Å². The Morgan fingerprint density at radius 3 is 2.71 bits per heavy atom. The number of Topliss-reactive ketones (excluding diaryl/α,β-unsaturated/α-hetero) is 1. The van der Waals surface area contributed by atoms with Crippen LogP contribution in [0.3, 0.4) is 0 Å². The number of hydrogen-bond acceptors (Lipinski definition) is 6. The number of carbonyl (C=O) groups excluding carboxylic acids is 1. The summed E-state index contributed by atoms with van der Waals surface area (Å²) in [5, 5.41) is 0. The highest BCUT2D eigenvalue weighted by Gasteiger charge is 2.21. The molecular formula is C22H26N2O4. The number of ketones is 1. The molecule has 28 heavy (non-hydrogen) atoms. The maximum absolute atomic E-state index is 13.2. The molecule has 0 fully saturated rings. The van der Waals surface area contributed by atoms with Crippen LogP contribution >= 0.6 is 0 Å². The van der Waals surface area contributed by atoms with Gasteiger partial charge in [-0.1, -0.05) is 13.3 Å². The summed E-state index contributed by atoms with van der Waals surface area (Å²) in [6.45, 7) is 2.22. The van der Waals surface area contributed by atoms with Gasteiger partial charge in [0.2, 0.25) is 12.5 Å². The molecule has 6 nitrogen and oxygen atoms in total. The van der Waals surface area contributed by atoms with Crippen LogP contribution in [0.4, 0.5) is 11.4 Å². The lowest BCUT2D eigenvalue weighted by molar-refractivity contribution is 0.103. The summed E-state index contributed by atoms with van der Waals surface area (Å²) in [5.74, 6) is 1.79. The van der Waals surface area contributed by atoms with E-state index in [0.717, 1.165) is 23.2 Å². The Kier molecular flexibility index (Phi) is 5.78. The van der Waals surface area contributed by atoms with Crippen LogP contribution in [-0.4, -0.2) is 33.8 Å². The highest BCUT2D eigenvalue weighted by molar-refractivity contribution is 6.12. The number of nitrogens with two attached hydrogens (primary N) is 1. The van der Waals surface area contributed by atoms with E-state index in [1.807, 2.05) is 43.3 Å². The van der Waals surface area contributed by atoms with Crippen LogP contribution in [0.1, 0.15) is 35.7 Å². The highest BCUT2D eigenvalue weighted by Crippen LogP contribution is 2.42. The van der Waals surface area contributed by atoms with Gasteiger partial charge in [0.1, 0.15) is 0 Å². The molecule has 6 heteroatoms. The van der Waals surface area contributed by atoms with Crippen molar-refractivity contribution in [3.8, 4) is 17.2 Å². The zero-order valence-corrected chi connectivity index (χ0v) is 16.7. The van der Waals surface area contributed by atoms with E-state index in [2.05, 4.69) is 6.92 Å². The average molecular weight is 382 g/mol. The van der Waals surface area contributed by atoms with Gasteiger partial charge in [-0.2, -0.15) is 0 Å². The molecule has 2 N–H and O–H groups in total. The van der Waals surface area contributed by atoms with Crippen molar-refractivity contribution in [1.82, 2.24) is 0 Å². The van der Waals surface area contributed by atoms with Gasteiger partial charge < -0.3 is 24.8 Å². The molecule has 0 saturated heterocycles. The minimum absolute atomic E-state index is 0.0124. The second-order valence-electron chi connectivity index (χ2n) is 6.87. The van der Waals surface area contributed by atoms with E-state index in [-0.39, 0.29) is 12.6 Å². The van der Waals surface area contributed by atoms with Crippen molar-refractivity contribution in [2.45, 2.75) is 19.8 Å². The standard InChI is InChI=1S/C22H26N2O4/c1-5-6-15(21(25)16-7-8-17(23)18(12-16)24(2)3)9-14-10-19(26-4)22-20(11-14)27-13-28-22/h7-12H,5-6,13,23H2,1-4H3. The molecule has 2 aromatic rings. The highest BCUT2D eigenvalue weighted by atomic mass is 16.7. The van der Waals surface area contributed by atoms with E-state index < -0.39 is 0 Å². The molecule has 0 saturated carbocycles. The number of ether oxygens (including phenoxy) is 3. The molecule has 0 atom stereocenters. The third kappa shape index (κ3) is 3.91. The van der Waals surface area contributed by atoms with Gasteiger partial charge in [0.25, 0.3) is 0 Å². The largest absolute Gasteiger partial charge is 0.493 e. The fourth-order valence-corrected chi connectivity index (χ4v) is 3.21. The molecule has 1 heterocycles. The molecule has 3 rings (SSSR count). The van der Waals surface area contributed by atoms with Crippen LogP contribution in [0, 0.1) is 0 Å². The number of rotatable bonds is 7. The maximum atomic E-state index is 13.2. The normalized spacial score (nSPS) is 12.8. The van der Waals surface area contributed by atoms with E-state index in [9.17, 15) is 4.79 Å². The van der Waals surface area contributed by atoms with Crippen LogP contribution in [-0.2, 0) is 0 Å². The lowest BCUT2D eigenvalue weighted by atomic mass is 9.96. The zero-order chi connectivity index (χ0) is 20.3. The van der Waals surface area contributed by atoms with Gasteiger partial charge >= 0.3 is 0 Å². The van der Waals surface area contributed by atoms with Gasteiger partial charge in [0.05, 0.1) is 18.5 Å². The summed E-state index contributed by atoms with van der Waals surface area (Å²) >= 11 is 0. The Morgan fingerprint density at radius 2 is 2.04 bits per heavy atom. The third-order valence-corrected chi connectivity index (χ3v) is 4.61. The predicted molar refractivity (Wildman–Crippen MR) is 112 cm³/mol. The maximum Gasteiger partial charge on any atom is 0.231 e. The van der Waals surface area contributed by atoms with Crippen LogP contribution < -0.4 is 24.8 Å². The summed E-state index contributed by atoms with van der Waals surface area (Å²) in [6, 6.07) is 9.10. The van der Waals surface area contributed by atoms with Gasteiger partial charge in [-0.25, -0.2) is 0 Å². The van der Waals surface area contributed by atoms with Crippen molar-refractivity contribution in [3.63, 3.8) is 0 Å². The van der Waals surface area contributed by atoms with Crippen LogP contribution in [0.2, 0.25) is 0 Å². The molecule has 0 aromatic heterocycles. The van der Waals surface area contributed by atoms with Crippen LogP contribution in [0.5, 0.6) is 17.2 Å². The second-order valence-corrected chi connectivity index (χ2v) is 6.87. The molecule has 0 bridgehead atoms. The number of benzene rings is 2. The second kappa shape index (κ2) is 8.25. The van der Waals surface area contributed by atoms with E-state index in [1.54, 1.807) is 19.2 Å². The zero-order valence-electron chi connectivity index (χ0n) is 16.7. The molecule has 2 aromatic carbocycles. The topological polar surface area (TPSA) is 74.0 Å². The summed E-state index contributed by atoms with van der Waals surface area (Å²) in [6.07, 6.45) is 3.41. The number of carbonyl (C=O) groups is 1. The van der Waals surface area contributed by atoms with Crippen molar-refractivity contribution in [2.24, 2.45) is 0 Å². The van der Waals surface area contributed by atoms with Crippen molar-refractivity contribution >= 4 is 23.2 Å². The van der Waals surface area contributed by atoms with Gasteiger partial charge in [-0.05, 0) is 48.4 Å². The van der Waals surface area contributed by atoms with Gasteiger partial charge in [0.15, 0.2) is 17.3 Å². The van der Waals surface area contributed by atoms with Crippen molar-refractivity contribution in [3.05, 3.63) is 47.0 Å². The Bertz CT molecular complexity index is 919. The summed E-state index contributed by atoms with van der Waals surface area (Å²) < 4.78 is 16.3. The number of nitrogen functional groups attached to an aromatic ring is 1. The Hall–Kier alpha value is -3.15. The molecule has 0 amide bonds. The number of methoxy groups -OCH3 is 1. The SMILES string of the molecule is CCCC(=Cc1cc(OC)c2c(c1)OCO2)C(=O)c1ccc(N)c(N(C)C)c1. The van der Waals surface area contributed by atoms with Crippen molar-refractivity contribution in [2.75, 3.05) is 38.6 Å². The summed E-state index contributed by atoms with van der Waals surface area (Å²) in [7, 11) is 5.39. The lowest BCUT2D eigenvalue weighted by Crippen LogP contribution is -2.13. The summed E-state index contributed by atoms with van der Waals surface area (Å²) in [4.78, 5) is 15.1. The molecule has 0 unspecified atom stereocenters. The predicted octanol–water partition coefficient (Wildman–Crippen LogP) is 4.14. The third-order valence-electron chi connectivity index (χ3n) is 4.61. The molecule has 0 radical (unpaired) electrons. The van der Waals surface area contributed by atoms with E-state index in [0.29, 0.717) is 34.9 Å². The smallest absolute Gasteiger partial charge is 0.231 e. The monoisotopic (exact) mass is 382 g/mol. The van der Waals surface area contributed by atoms with E-state index >= 15 is 0 Å². The minimum atomic E-state index is -0.0124. The van der Waals surface area contributed by atoms with Crippen molar-refractivity contribution in [1.29, 1.82) is 0 Å². The fourth-order valence-electron chi connectivity index (χ4n) is 3.21. The quantitative estimate of drug-likeness (QED) is 0.441. The van der Waals surface area contributed by atoms with E-state index in [1.165, 1.54) is 0 Å². The average Bonchev–Trinajstić information content (AvgIpc) is 3.15. The molecular weight excluding hydrogens is 356 g/mol. The Labute approximate surface area is 165 Å². The molecule has 0 spiro atoms. The number of hydrogen-bond donors (Lipinski definition) is 1. The molecule has 1 aliphatic heterocycles. The first-order valence-electron chi connectivity index (χ1n) is 9.24. The van der Waals surface area contributed by atoms with E-state index in [4.69, 9.17) is 19.9 Å². The number of anilines is 2. The van der Waals surface area contributed by atoms with Crippen LogP contribution in [0.25, 0.3) is 6.08 Å². The lowest BCUT2D eigenvalue weighted by Gasteiger charge is -2.16. The molecule has 0 aliphatic carbocycles. The Morgan fingerprint density at radius 1 is 1.25 bits per heavy atom. The Balaban J connectivity index is 2.00. The van der Waals surface area contributed by atoms with Crippen molar-refractivity contribution < 1.29 is 19.0 Å². The molecule has 1 aliphatic rings. The van der Waals surface area contributed by atoms with Crippen LogP contribution in [0.15, 0.2) is 35.9 Å².